The molecule has 62 valence electrons. The van der Waals surface area contributed by atoms with Crippen LogP contribution in [0.25, 0.3) is 0 Å². The van der Waals surface area contributed by atoms with Gasteiger partial charge in [-0.1, -0.05) is 6.08 Å². The Morgan fingerprint density at radius 3 is 2.82 bits per heavy atom. The summed E-state index contributed by atoms with van der Waals surface area (Å²) in [5.74, 6) is 0. The minimum absolute atomic E-state index is 0.613. The van der Waals surface area contributed by atoms with Crippen LogP contribution in [0.15, 0.2) is 12.7 Å². The molecule has 0 unspecified atom stereocenters. The van der Waals surface area contributed by atoms with Crippen molar-refractivity contribution in [2.75, 3.05) is 13.1 Å². The topological polar surface area (TPSA) is 35.8 Å². The highest BCUT2D eigenvalue weighted by atomic mass is 14.8. The Balaban J connectivity index is 2.80. The Hall–Kier alpha value is -0.810. The summed E-state index contributed by atoms with van der Waals surface area (Å²) in [5.41, 5.74) is 0. The number of nitrogens with one attached hydrogen (secondary N) is 1. The van der Waals surface area contributed by atoms with E-state index in [0.717, 1.165) is 19.5 Å². The molecule has 0 spiro atoms. The molecule has 2 heteroatoms. The zero-order valence-corrected chi connectivity index (χ0v) is 6.97. The standard InChI is InChI=1S/C9H16N2/c1-2-3-4-5-8-11-9-6-7-10/h2,11H,1,3-6,8-9H2. The fraction of sp³-hybridized carbons (Fsp3) is 0.667. The maximum atomic E-state index is 8.20. The predicted molar refractivity (Wildman–Crippen MR) is 47.1 cm³/mol. The molecule has 0 aromatic heterocycles. The maximum Gasteiger partial charge on any atom is 0.0635 e. The lowest BCUT2D eigenvalue weighted by Crippen LogP contribution is -2.15. The minimum Gasteiger partial charge on any atom is -0.316 e. The molecule has 0 atom stereocenters. The van der Waals surface area contributed by atoms with Crippen molar-refractivity contribution in [2.24, 2.45) is 0 Å². The second-order valence-electron chi connectivity index (χ2n) is 2.44. The van der Waals surface area contributed by atoms with Crippen molar-refractivity contribution in [1.82, 2.24) is 5.32 Å². The van der Waals surface area contributed by atoms with E-state index in [4.69, 9.17) is 5.26 Å². The molecule has 0 bridgehead atoms. The zero-order valence-electron chi connectivity index (χ0n) is 6.97. The zero-order chi connectivity index (χ0) is 8.36. The molecule has 0 aliphatic carbocycles. The molecule has 0 aliphatic heterocycles. The van der Waals surface area contributed by atoms with Gasteiger partial charge in [-0.15, -0.1) is 6.58 Å². The van der Waals surface area contributed by atoms with Crippen molar-refractivity contribution in [3.8, 4) is 6.07 Å². The van der Waals surface area contributed by atoms with Crippen LogP contribution in [0.2, 0.25) is 0 Å². The van der Waals surface area contributed by atoms with Gasteiger partial charge in [-0.25, -0.2) is 0 Å². The van der Waals surface area contributed by atoms with Gasteiger partial charge in [0.25, 0.3) is 0 Å². The van der Waals surface area contributed by atoms with E-state index in [-0.39, 0.29) is 0 Å². The lowest BCUT2D eigenvalue weighted by atomic mass is 10.2. The van der Waals surface area contributed by atoms with Crippen molar-refractivity contribution < 1.29 is 0 Å². The van der Waals surface area contributed by atoms with Gasteiger partial charge in [-0.05, 0) is 25.8 Å². The number of nitrogens with zero attached hydrogens (tertiary/aromatic N) is 1. The third-order valence-corrected chi connectivity index (χ3v) is 1.43. The summed E-state index contributed by atoms with van der Waals surface area (Å²) in [6.07, 6.45) is 6.02. The highest BCUT2D eigenvalue weighted by molar-refractivity contribution is 4.70. The monoisotopic (exact) mass is 152 g/mol. The van der Waals surface area contributed by atoms with Gasteiger partial charge < -0.3 is 5.32 Å². The van der Waals surface area contributed by atoms with Gasteiger partial charge in [0.15, 0.2) is 0 Å². The van der Waals surface area contributed by atoms with Crippen molar-refractivity contribution >= 4 is 0 Å². The highest BCUT2D eigenvalue weighted by Gasteiger charge is 1.86. The molecule has 0 aliphatic rings. The minimum atomic E-state index is 0.613. The van der Waals surface area contributed by atoms with E-state index in [1.807, 2.05) is 6.08 Å². The molecule has 11 heavy (non-hydrogen) atoms. The SMILES string of the molecule is C=CCCCCNCCC#N. The van der Waals surface area contributed by atoms with Crippen LogP contribution >= 0.6 is 0 Å². The first kappa shape index (κ1) is 10.2. The third kappa shape index (κ3) is 9.19. The number of unbranched alkanes of at least 4 members (excludes halogenated alkanes) is 2. The van der Waals surface area contributed by atoms with Gasteiger partial charge in [0.1, 0.15) is 0 Å². The molecule has 0 rings (SSSR count). The van der Waals surface area contributed by atoms with Crippen molar-refractivity contribution in [3.05, 3.63) is 12.7 Å². The summed E-state index contributed by atoms with van der Waals surface area (Å²) >= 11 is 0. The van der Waals surface area contributed by atoms with Crippen molar-refractivity contribution in [2.45, 2.75) is 25.7 Å². The Morgan fingerprint density at radius 1 is 1.36 bits per heavy atom. The summed E-state index contributed by atoms with van der Waals surface area (Å²) in [4.78, 5) is 0. The normalized spacial score (nSPS) is 9.00. The molecule has 1 N–H and O–H groups in total. The fourth-order valence-electron chi connectivity index (χ4n) is 0.808. The van der Waals surface area contributed by atoms with Crippen LogP contribution in [-0.4, -0.2) is 13.1 Å². The Bertz CT molecular complexity index is 124. The molecule has 0 amide bonds. The molecule has 0 fully saturated rings. The number of allylic oxidation sites excluding steroid dienone is 1. The third-order valence-electron chi connectivity index (χ3n) is 1.43. The second kappa shape index (κ2) is 9.19. The lowest BCUT2D eigenvalue weighted by molar-refractivity contribution is 0.632. The molecule has 0 heterocycles. The van der Waals surface area contributed by atoms with Crippen LogP contribution in [0.5, 0.6) is 0 Å². The van der Waals surface area contributed by atoms with Gasteiger partial charge in [-0.2, -0.15) is 5.26 Å². The van der Waals surface area contributed by atoms with E-state index in [9.17, 15) is 0 Å². The van der Waals surface area contributed by atoms with E-state index < -0.39 is 0 Å². The van der Waals surface area contributed by atoms with Crippen LogP contribution < -0.4 is 5.32 Å². The van der Waals surface area contributed by atoms with Gasteiger partial charge in [0.2, 0.25) is 0 Å². The van der Waals surface area contributed by atoms with Crippen LogP contribution in [0.3, 0.4) is 0 Å². The van der Waals surface area contributed by atoms with Gasteiger partial charge in [0, 0.05) is 13.0 Å². The molecular weight excluding hydrogens is 136 g/mol. The summed E-state index contributed by atoms with van der Waals surface area (Å²) in [6, 6.07) is 2.09. The molecule has 0 aromatic carbocycles. The molecule has 0 aromatic rings. The largest absolute Gasteiger partial charge is 0.316 e. The molecule has 0 saturated carbocycles. The first-order valence-corrected chi connectivity index (χ1v) is 4.10. The Labute approximate surface area is 68.9 Å². The summed E-state index contributed by atoms with van der Waals surface area (Å²) in [6.45, 7) is 5.49. The van der Waals surface area contributed by atoms with Gasteiger partial charge in [-0.3, -0.25) is 0 Å². The fourth-order valence-corrected chi connectivity index (χ4v) is 0.808. The summed E-state index contributed by atoms with van der Waals surface area (Å²) in [7, 11) is 0. The molecule has 2 nitrogen and oxygen atoms in total. The Morgan fingerprint density at radius 2 is 2.18 bits per heavy atom. The maximum absolute atomic E-state index is 8.20. The summed E-state index contributed by atoms with van der Waals surface area (Å²) < 4.78 is 0. The van der Waals surface area contributed by atoms with Crippen LogP contribution in [-0.2, 0) is 0 Å². The number of rotatable bonds is 7. The smallest absolute Gasteiger partial charge is 0.0635 e. The van der Waals surface area contributed by atoms with Crippen LogP contribution in [0, 0.1) is 11.3 Å². The predicted octanol–water partition coefficient (Wildman–Crippen LogP) is 1.85. The van der Waals surface area contributed by atoms with Crippen molar-refractivity contribution in [3.63, 3.8) is 0 Å². The van der Waals surface area contributed by atoms with E-state index in [1.54, 1.807) is 0 Å². The number of hydrogen-bond donors (Lipinski definition) is 1. The van der Waals surface area contributed by atoms with Crippen molar-refractivity contribution in [1.29, 1.82) is 5.26 Å². The summed E-state index contributed by atoms with van der Waals surface area (Å²) in [5, 5.41) is 11.4. The number of hydrogen-bond acceptors (Lipinski definition) is 2. The quantitative estimate of drug-likeness (QED) is 0.446. The van der Waals surface area contributed by atoms with Crippen LogP contribution in [0.1, 0.15) is 25.7 Å². The first-order chi connectivity index (χ1) is 5.41. The molecule has 0 saturated heterocycles. The Kier molecular flexibility index (Phi) is 8.51. The number of nitriles is 1. The van der Waals surface area contributed by atoms with Crippen LogP contribution in [0.4, 0.5) is 0 Å². The van der Waals surface area contributed by atoms with E-state index in [2.05, 4.69) is 18.0 Å². The average Bonchev–Trinajstić information content (AvgIpc) is 2.03. The molecular formula is C9H16N2. The lowest BCUT2D eigenvalue weighted by Gasteiger charge is -1.99. The second-order valence-corrected chi connectivity index (χ2v) is 2.44. The van der Waals surface area contributed by atoms with Gasteiger partial charge in [0.05, 0.1) is 6.07 Å². The van der Waals surface area contributed by atoms with Gasteiger partial charge >= 0.3 is 0 Å². The van der Waals surface area contributed by atoms with E-state index in [1.165, 1.54) is 12.8 Å². The van der Waals surface area contributed by atoms with E-state index >= 15 is 0 Å². The molecule has 0 radical (unpaired) electrons. The average molecular weight is 152 g/mol. The first-order valence-electron chi connectivity index (χ1n) is 4.10. The highest BCUT2D eigenvalue weighted by Crippen LogP contribution is 1.93. The van der Waals surface area contributed by atoms with E-state index in [0.29, 0.717) is 6.42 Å².